The van der Waals surface area contributed by atoms with Crippen molar-refractivity contribution >= 4 is 28.4 Å². The summed E-state index contributed by atoms with van der Waals surface area (Å²) in [7, 11) is 0. The van der Waals surface area contributed by atoms with Gasteiger partial charge in [-0.05, 0) is 29.8 Å². The van der Waals surface area contributed by atoms with E-state index in [0.717, 1.165) is 22.9 Å². The zero-order chi connectivity index (χ0) is 22.8. The summed E-state index contributed by atoms with van der Waals surface area (Å²) in [5, 5.41) is -0.242. The molecule has 0 aliphatic carbocycles. The second kappa shape index (κ2) is 8.88. The highest BCUT2D eigenvalue weighted by Crippen LogP contribution is 2.28. The van der Waals surface area contributed by atoms with Crippen molar-refractivity contribution in [3.05, 3.63) is 69.8 Å². The molecule has 6 nitrogen and oxygen atoms in total. The molecule has 31 heavy (non-hydrogen) atoms. The molecule has 1 heterocycles. The first-order chi connectivity index (χ1) is 14.6. The van der Waals surface area contributed by atoms with Gasteiger partial charge in [-0.1, -0.05) is 12.1 Å². The average Bonchev–Trinajstić information content (AvgIpc) is 2.67. The van der Waals surface area contributed by atoms with Gasteiger partial charge in [0.2, 0.25) is 5.91 Å². The molecule has 164 valence electrons. The summed E-state index contributed by atoms with van der Waals surface area (Å²) in [5.41, 5.74) is 1.19. The van der Waals surface area contributed by atoms with Gasteiger partial charge in [-0.25, -0.2) is 18.4 Å². The van der Waals surface area contributed by atoms with E-state index in [2.05, 4.69) is 15.1 Å². The first kappa shape index (κ1) is 22.5. The smallest absolute Gasteiger partial charge is 0.403 e. The third-order valence-corrected chi connectivity index (χ3v) is 4.25. The zero-order valence-corrected chi connectivity index (χ0v) is 16.2. The zero-order valence-electron chi connectivity index (χ0n) is 15.5. The molecular formula is C19H13ClF5N3O3. The number of nitrogens with one attached hydrogen (secondary N) is 1. The Morgan fingerprint density at radius 2 is 1.90 bits per heavy atom. The molecule has 0 aliphatic heterocycles. The number of hydrogen-bond acceptors (Lipinski definition) is 4. The molecule has 0 unspecified atom stereocenters. The predicted octanol–water partition coefficient (Wildman–Crippen LogP) is 3.67. The number of alkyl halides is 4. The Labute approximate surface area is 176 Å². The van der Waals surface area contributed by atoms with Crippen LogP contribution in [0, 0.1) is 11.6 Å². The van der Waals surface area contributed by atoms with Crippen LogP contribution in [0.1, 0.15) is 11.4 Å². The molecule has 1 aromatic heterocycles. The Kier molecular flexibility index (Phi) is 6.44. The highest BCUT2D eigenvalue weighted by atomic mass is 35.5. The summed E-state index contributed by atoms with van der Waals surface area (Å²) in [4.78, 5) is 29.2. The minimum absolute atomic E-state index is 0.0563. The summed E-state index contributed by atoms with van der Waals surface area (Å²) in [6, 6.07) is 6.26. The Balaban J connectivity index is 2.00. The van der Waals surface area contributed by atoms with E-state index in [1.165, 1.54) is 18.2 Å². The van der Waals surface area contributed by atoms with Crippen molar-refractivity contribution in [1.29, 1.82) is 0 Å². The van der Waals surface area contributed by atoms with Gasteiger partial charge in [0.05, 0.1) is 11.8 Å². The molecular weight excluding hydrogens is 449 g/mol. The third-order valence-electron chi connectivity index (χ3n) is 4.06. The van der Waals surface area contributed by atoms with Crippen molar-refractivity contribution in [3.8, 4) is 5.75 Å². The lowest BCUT2D eigenvalue weighted by Gasteiger charge is -2.16. The van der Waals surface area contributed by atoms with Crippen LogP contribution in [0.5, 0.6) is 5.75 Å². The molecule has 0 radical (unpaired) electrons. The summed E-state index contributed by atoms with van der Waals surface area (Å²) in [5.74, 6) is -3.86. The summed E-state index contributed by atoms with van der Waals surface area (Å²) in [6.45, 7) is 0. The number of rotatable bonds is 6. The number of ether oxygens (including phenoxy) is 1. The van der Waals surface area contributed by atoms with Crippen LogP contribution < -0.4 is 15.7 Å². The number of aromatic nitrogens is 2. The van der Waals surface area contributed by atoms with Crippen LogP contribution in [0.3, 0.4) is 0 Å². The maximum absolute atomic E-state index is 13.3. The highest BCUT2D eigenvalue weighted by Gasteiger charge is 2.32. The number of fused-ring (bicyclic) bond motifs is 1. The first-order valence-electron chi connectivity index (χ1n) is 8.69. The molecule has 3 rings (SSSR count). The maximum Gasteiger partial charge on any atom is 0.573 e. The lowest BCUT2D eigenvalue weighted by atomic mass is 10.1. The van der Waals surface area contributed by atoms with Gasteiger partial charge in [0.1, 0.15) is 11.3 Å². The standard InChI is InChI=1S/C19H13ClF5N3O3/c20-7-6-15-26-17-11(2-1-3-14(17)31-19(23,24)25)18(30)28(15)27-16(29)9-10-4-5-12(21)13(22)8-10/h1-5,8H,6-7,9H2,(H,27,29). The molecule has 0 saturated carbocycles. The minimum Gasteiger partial charge on any atom is -0.403 e. The molecule has 0 saturated heterocycles. The van der Waals surface area contributed by atoms with Crippen molar-refractivity contribution in [2.75, 3.05) is 11.3 Å². The van der Waals surface area contributed by atoms with Gasteiger partial charge in [-0.2, -0.15) is 0 Å². The summed E-state index contributed by atoms with van der Waals surface area (Å²) in [6.07, 6.45) is -5.48. The van der Waals surface area contributed by atoms with E-state index in [1.807, 2.05) is 0 Å². The van der Waals surface area contributed by atoms with Crippen LogP contribution in [0.4, 0.5) is 22.0 Å². The number of carbonyl (C=O) groups excluding carboxylic acids is 1. The Morgan fingerprint density at radius 1 is 1.16 bits per heavy atom. The lowest BCUT2D eigenvalue weighted by Crippen LogP contribution is -2.37. The molecule has 1 amide bonds. The number of hydrogen-bond donors (Lipinski definition) is 1. The van der Waals surface area contributed by atoms with Crippen LogP contribution in [0.2, 0.25) is 0 Å². The Bertz CT molecular complexity index is 1200. The van der Waals surface area contributed by atoms with Crippen LogP contribution >= 0.6 is 11.6 Å². The fraction of sp³-hybridized carbons (Fsp3) is 0.211. The number of halogens is 6. The number of aryl methyl sites for hydroxylation is 1. The van der Waals surface area contributed by atoms with E-state index in [1.54, 1.807) is 0 Å². The van der Waals surface area contributed by atoms with Gasteiger partial charge in [0.25, 0.3) is 5.56 Å². The highest BCUT2D eigenvalue weighted by molar-refractivity contribution is 6.17. The Morgan fingerprint density at radius 3 is 2.55 bits per heavy atom. The molecule has 2 aromatic carbocycles. The van der Waals surface area contributed by atoms with Crippen molar-refractivity contribution < 1.29 is 31.5 Å². The second-order valence-corrected chi connectivity index (χ2v) is 6.65. The van der Waals surface area contributed by atoms with Gasteiger partial charge >= 0.3 is 6.36 Å². The van der Waals surface area contributed by atoms with Crippen molar-refractivity contribution in [2.24, 2.45) is 0 Å². The molecule has 0 spiro atoms. The van der Waals surface area contributed by atoms with E-state index < -0.39 is 41.6 Å². The van der Waals surface area contributed by atoms with Gasteiger partial charge in [-0.3, -0.25) is 15.0 Å². The second-order valence-electron chi connectivity index (χ2n) is 6.27. The molecule has 0 aliphatic rings. The summed E-state index contributed by atoms with van der Waals surface area (Å²) < 4.78 is 69.1. The third kappa shape index (κ3) is 5.29. The topological polar surface area (TPSA) is 73.2 Å². The SMILES string of the molecule is O=C(Cc1ccc(F)c(F)c1)Nn1c(CCCl)nc2c(OC(F)(F)F)cccc2c1=O. The number of benzene rings is 2. The summed E-state index contributed by atoms with van der Waals surface area (Å²) >= 11 is 5.70. The first-order valence-corrected chi connectivity index (χ1v) is 9.22. The molecule has 0 bridgehead atoms. The monoisotopic (exact) mass is 461 g/mol. The van der Waals surface area contributed by atoms with Crippen molar-refractivity contribution in [3.63, 3.8) is 0 Å². The number of para-hydroxylation sites is 1. The lowest BCUT2D eigenvalue weighted by molar-refractivity contribution is -0.274. The molecule has 3 aromatic rings. The minimum atomic E-state index is -5.00. The number of carbonyl (C=O) groups is 1. The molecule has 0 atom stereocenters. The van der Waals surface area contributed by atoms with Crippen LogP contribution in [0.15, 0.2) is 41.2 Å². The molecule has 12 heteroatoms. The predicted molar refractivity (Wildman–Crippen MR) is 102 cm³/mol. The Hall–Kier alpha value is -3.21. The molecule has 1 N–H and O–H groups in total. The van der Waals surface area contributed by atoms with E-state index in [4.69, 9.17) is 11.6 Å². The van der Waals surface area contributed by atoms with E-state index >= 15 is 0 Å². The van der Waals surface area contributed by atoms with Crippen LogP contribution in [-0.2, 0) is 17.6 Å². The van der Waals surface area contributed by atoms with E-state index in [-0.39, 0.29) is 34.6 Å². The normalized spacial score (nSPS) is 11.5. The van der Waals surface area contributed by atoms with Crippen LogP contribution in [0.25, 0.3) is 10.9 Å². The number of amides is 1. The largest absolute Gasteiger partial charge is 0.573 e. The van der Waals surface area contributed by atoms with Gasteiger partial charge in [-0.15, -0.1) is 24.8 Å². The van der Waals surface area contributed by atoms with E-state index in [0.29, 0.717) is 0 Å². The quantitative estimate of drug-likeness (QED) is 0.449. The van der Waals surface area contributed by atoms with Crippen molar-refractivity contribution in [2.45, 2.75) is 19.2 Å². The fourth-order valence-corrected chi connectivity index (χ4v) is 2.97. The van der Waals surface area contributed by atoms with Crippen LogP contribution in [-0.4, -0.2) is 27.8 Å². The van der Waals surface area contributed by atoms with Gasteiger partial charge in [0.15, 0.2) is 17.4 Å². The van der Waals surface area contributed by atoms with E-state index in [9.17, 15) is 31.5 Å². The fourth-order valence-electron chi connectivity index (χ4n) is 2.80. The number of nitrogens with zero attached hydrogens (tertiary/aromatic N) is 2. The average molecular weight is 462 g/mol. The van der Waals surface area contributed by atoms with Gasteiger partial charge < -0.3 is 4.74 Å². The maximum atomic E-state index is 13.3. The molecule has 0 fully saturated rings. The van der Waals surface area contributed by atoms with Crippen molar-refractivity contribution in [1.82, 2.24) is 9.66 Å². The van der Waals surface area contributed by atoms with Gasteiger partial charge in [0, 0.05) is 12.3 Å².